The van der Waals surface area contributed by atoms with E-state index in [9.17, 15) is 9.90 Å². The first-order valence-corrected chi connectivity index (χ1v) is 8.35. The lowest BCUT2D eigenvalue weighted by Gasteiger charge is -2.20. The minimum Gasteiger partial charge on any atom is -0.493 e. The fourth-order valence-electron chi connectivity index (χ4n) is 2.98. The largest absolute Gasteiger partial charge is 0.493 e. The van der Waals surface area contributed by atoms with Crippen LogP contribution < -0.4 is 4.74 Å². The average molecular weight is 342 g/mol. The Bertz CT molecular complexity index is 776. The fourth-order valence-corrected chi connectivity index (χ4v) is 2.98. The number of hydrogen-bond donors (Lipinski definition) is 2. The van der Waals surface area contributed by atoms with Gasteiger partial charge < -0.3 is 14.9 Å². The van der Waals surface area contributed by atoms with Crippen molar-refractivity contribution >= 4 is 5.97 Å². The van der Waals surface area contributed by atoms with E-state index in [1.807, 2.05) is 12.1 Å². The van der Waals surface area contributed by atoms with Crippen molar-refractivity contribution in [1.82, 2.24) is 9.88 Å². The third-order valence-corrected chi connectivity index (χ3v) is 4.39. The molecule has 0 radical (unpaired) electrons. The number of pyridine rings is 1. The molecule has 0 aliphatic carbocycles. The van der Waals surface area contributed by atoms with Gasteiger partial charge in [0.15, 0.2) is 0 Å². The molecule has 6 heteroatoms. The van der Waals surface area contributed by atoms with Crippen molar-refractivity contribution in [3.63, 3.8) is 0 Å². The zero-order valence-electron chi connectivity index (χ0n) is 14.2. The summed E-state index contributed by atoms with van der Waals surface area (Å²) in [6.45, 7) is 4.71. The fraction of sp³-hybridized carbons (Fsp3) is 0.368. The summed E-state index contributed by atoms with van der Waals surface area (Å²) in [4.78, 5) is 17.2. The van der Waals surface area contributed by atoms with Crippen LogP contribution in [0.3, 0.4) is 0 Å². The predicted molar refractivity (Wildman–Crippen MR) is 92.6 cm³/mol. The molecular weight excluding hydrogens is 320 g/mol. The molecule has 132 valence electrons. The van der Waals surface area contributed by atoms with E-state index in [1.165, 1.54) is 17.2 Å². The summed E-state index contributed by atoms with van der Waals surface area (Å²) in [6.07, 6.45) is 0.667. The minimum absolute atomic E-state index is 0.00366. The number of hydrogen-bond acceptors (Lipinski definition) is 5. The van der Waals surface area contributed by atoms with Crippen molar-refractivity contribution in [3.8, 4) is 11.6 Å². The average Bonchev–Trinajstić information content (AvgIpc) is 2.76. The molecule has 2 aromatic rings. The highest BCUT2D eigenvalue weighted by atomic mass is 16.5. The molecular formula is C19H22N2O4. The van der Waals surface area contributed by atoms with E-state index in [1.54, 1.807) is 6.07 Å². The van der Waals surface area contributed by atoms with Gasteiger partial charge in [-0.25, -0.2) is 4.98 Å². The molecule has 1 aromatic heterocycles. The molecule has 2 N–H and O–H groups in total. The first kappa shape index (κ1) is 17.2. The maximum Gasteiger partial charge on any atom is 0.303 e. The molecule has 6 nitrogen and oxygen atoms in total. The van der Waals surface area contributed by atoms with Crippen LogP contribution in [0.2, 0.25) is 0 Å². The van der Waals surface area contributed by atoms with Crippen molar-refractivity contribution in [2.75, 3.05) is 13.2 Å². The smallest absolute Gasteiger partial charge is 0.303 e. The Morgan fingerprint density at radius 3 is 2.96 bits per heavy atom. The number of nitrogens with zero attached hydrogens (tertiary/aromatic N) is 2. The van der Waals surface area contributed by atoms with Gasteiger partial charge in [0.1, 0.15) is 18.1 Å². The summed E-state index contributed by atoms with van der Waals surface area (Å²) in [5.74, 6) is -0.0717. The molecule has 3 rings (SSSR count). The van der Waals surface area contributed by atoms with E-state index in [0.717, 1.165) is 24.3 Å². The van der Waals surface area contributed by atoms with Crippen LogP contribution in [-0.2, 0) is 24.3 Å². The Kier molecular flexibility index (Phi) is 5.19. The van der Waals surface area contributed by atoms with Crippen LogP contribution in [0.15, 0.2) is 30.3 Å². The second kappa shape index (κ2) is 7.53. The van der Waals surface area contributed by atoms with E-state index in [0.29, 0.717) is 25.3 Å². The summed E-state index contributed by atoms with van der Waals surface area (Å²) in [7, 11) is 0. The Balaban J connectivity index is 1.75. The Morgan fingerprint density at radius 1 is 1.32 bits per heavy atom. The molecule has 0 spiro atoms. The summed E-state index contributed by atoms with van der Waals surface area (Å²) < 4.78 is 5.71. The SMILES string of the molecule is Cc1ccc(CCC(=O)O)cc1CN1CCOc2ccc(O)nc2C1. The molecule has 0 amide bonds. The second-order valence-corrected chi connectivity index (χ2v) is 6.33. The van der Waals surface area contributed by atoms with Gasteiger partial charge in [-0.05, 0) is 36.1 Å². The van der Waals surface area contributed by atoms with Crippen LogP contribution in [0.4, 0.5) is 0 Å². The minimum atomic E-state index is -0.783. The van der Waals surface area contributed by atoms with Gasteiger partial charge in [0.25, 0.3) is 0 Å². The molecule has 0 bridgehead atoms. The van der Waals surface area contributed by atoms with Gasteiger partial charge in [-0.2, -0.15) is 0 Å². The molecule has 0 saturated carbocycles. The summed E-state index contributed by atoms with van der Waals surface area (Å²) in [6, 6.07) is 9.39. The van der Waals surface area contributed by atoms with E-state index in [-0.39, 0.29) is 12.3 Å². The first-order valence-electron chi connectivity index (χ1n) is 8.35. The van der Waals surface area contributed by atoms with Crippen LogP contribution in [0.1, 0.15) is 28.8 Å². The van der Waals surface area contributed by atoms with Crippen molar-refractivity contribution in [3.05, 3.63) is 52.7 Å². The second-order valence-electron chi connectivity index (χ2n) is 6.33. The predicted octanol–water partition coefficient (Wildman–Crippen LogP) is 2.51. The van der Waals surface area contributed by atoms with Crippen LogP contribution in [0.5, 0.6) is 11.6 Å². The highest BCUT2D eigenvalue weighted by Gasteiger charge is 2.18. The third-order valence-electron chi connectivity index (χ3n) is 4.39. The van der Waals surface area contributed by atoms with Crippen molar-refractivity contribution in [2.45, 2.75) is 32.9 Å². The van der Waals surface area contributed by atoms with Crippen molar-refractivity contribution in [2.24, 2.45) is 0 Å². The molecule has 2 heterocycles. The molecule has 1 aromatic carbocycles. The van der Waals surface area contributed by atoms with E-state index < -0.39 is 5.97 Å². The van der Waals surface area contributed by atoms with Crippen LogP contribution in [0, 0.1) is 6.92 Å². The Labute approximate surface area is 146 Å². The van der Waals surface area contributed by atoms with E-state index in [4.69, 9.17) is 9.84 Å². The lowest BCUT2D eigenvalue weighted by Crippen LogP contribution is -2.26. The number of ether oxygens (including phenoxy) is 1. The van der Waals surface area contributed by atoms with E-state index in [2.05, 4.69) is 22.9 Å². The number of aromatic nitrogens is 1. The monoisotopic (exact) mass is 342 g/mol. The molecule has 0 atom stereocenters. The van der Waals surface area contributed by atoms with Gasteiger partial charge in [0.2, 0.25) is 5.88 Å². The number of aliphatic carboxylic acids is 1. The number of aryl methyl sites for hydroxylation is 2. The van der Waals surface area contributed by atoms with Crippen molar-refractivity contribution in [1.29, 1.82) is 0 Å². The number of carbonyl (C=O) groups is 1. The van der Waals surface area contributed by atoms with Gasteiger partial charge in [-0.1, -0.05) is 18.2 Å². The number of carboxylic acids is 1. The Morgan fingerprint density at radius 2 is 2.16 bits per heavy atom. The van der Waals surface area contributed by atoms with Gasteiger partial charge in [-0.15, -0.1) is 0 Å². The number of aromatic hydroxyl groups is 1. The van der Waals surface area contributed by atoms with Crippen LogP contribution in [-0.4, -0.2) is 39.2 Å². The molecule has 1 aliphatic heterocycles. The van der Waals surface area contributed by atoms with Gasteiger partial charge in [0, 0.05) is 32.1 Å². The molecule has 0 saturated heterocycles. The van der Waals surface area contributed by atoms with Gasteiger partial charge in [-0.3, -0.25) is 9.69 Å². The van der Waals surface area contributed by atoms with Crippen molar-refractivity contribution < 1.29 is 19.7 Å². The standard InChI is InChI=1S/C19H22N2O4/c1-13-2-3-14(4-7-19(23)24)10-15(13)11-21-8-9-25-17-5-6-18(22)20-16(17)12-21/h2-3,5-6,10H,4,7-9,11-12H2,1H3,(H,20,22)(H,23,24). The van der Waals surface area contributed by atoms with Gasteiger partial charge in [0.05, 0.1) is 0 Å². The Hall–Kier alpha value is -2.60. The summed E-state index contributed by atoms with van der Waals surface area (Å²) in [5.41, 5.74) is 4.11. The lowest BCUT2D eigenvalue weighted by molar-refractivity contribution is -0.136. The van der Waals surface area contributed by atoms with Crippen LogP contribution >= 0.6 is 0 Å². The maximum absolute atomic E-state index is 10.8. The van der Waals surface area contributed by atoms with Gasteiger partial charge >= 0.3 is 5.97 Å². The number of fused-ring (bicyclic) bond motifs is 1. The van der Waals surface area contributed by atoms with Crippen LogP contribution in [0.25, 0.3) is 0 Å². The third kappa shape index (κ3) is 4.48. The number of rotatable bonds is 5. The highest BCUT2D eigenvalue weighted by molar-refractivity contribution is 5.67. The van der Waals surface area contributed by atoms with E-state index >= 15 is 0 Å². The number of benzene rings is 1. The molecule has 0 fully saturated rings. The maximum atomic E-state index is 10.8. The zero-order chi connectivity index (χ0) is 17.8. The molecule has 25 heavy (non-hydrogen) atoms. The molecule has 0 unspecified atom stereocenters. The summed E-state index contributed by atoms with van der Waals surface area (Å²) in [5, 5.41) is 18.5. The number of carboxylic acid groups (broad SMARTS) is 1. The lowest BCUT2D eigenvalue weighted by atomic mass is 10.0. The normalized spacial score (nSPS) is 14.4. The first-order chi connectivity index (χ1) is 12.0. The summed E-state index contributed by atoms with van der Waals surface area (Å²) >= 11 is 0. The topological polar surface area (TPSA) is 82.9 Å². The zero-order valence-corrected chi connectivity index (χ0v) is 14.2. The molecule has 1 aliphatic rings. The quantitative estimate of drug-likeness (QED) is 0.869. The highest BCUT2D eigenvalue weighted by Crippen LogP contribution is 2.25.